The molecule has 1 fully saturated rings. The zero-order chi connectivity index (χ0) is 31.1. The first-order chi connectivity index (χ1) is 20.6. The number of rotatable bonds is 6. The van der Waals surface area contributed by atoms with Gasteiger partial charge in [0.15, 0.2) is 5.16 Å². The molecular weight excluding hydrogens is 583 g/mol. The van der Waals surface area contributed by atoms with Gasteiger partial charge in [-0.25, -0.2) is 14.2 Å². The van der Waals surface area contributed by atoms with Gasteiger partial charge in [-0.2, -0.15) is 5.26 Å². The summed E-state index contributed by atoms with van der Waals surface area (Å²) in [7, 11) is 0. The van der Waals surface area contributed by atoms with Gasteiger partial charge in [0.2, 0.25) is 0 Å². The summed E-state index contributed by atoms with van der Waals surface area (Å²) in [6, 6.07) is 21.2. The van der Waals surface area contributed by atoms with Crippen molar-refractivity contribution in [3.8, 4) is 17.2 Å². The van der Waals surface area contributed by atoms with Gasteiger partial charge in [0, 0.05) is 24.9 Å². The van der Waals surface area contributed by atoms with Crippen molar-refractivity contribution in [2.45, 2.75) is 64.1 Å². The number of nitriles is 1. The highest BCUT2D eigenvalue weighted by atomic mass is 35.5. The monoisotopic (exact) mass is 620 g/mol. The van der Waals surface area contributed by atoms with Crippen molar-refractivity contribution >= 4 is 40.5 Å². The lowest BCUT2D eigenvalue weighted by Crippen LogP contribution is -2.42. The van der Waals surface area contributed by atoms with Crippen molar-refractivity contribution in [3.05, 3.63) is 82.6 Å². The molecule has 1 aliphatic rings. The van der Waals surface area contributed by atoms with Gasteiger partial charge in [-0.3, -0.25) is 0 Å². The number of thioether (sulfide) groups is 1. The Bertz CT molecular complexity index is 1550. The minimum Gasteiger partial charge on any atom is -0.444 e. The Balaban J connectivity index is 0.00000207. The number of benzene rings is 3. The number of carbonyl (C=O) groups excluding carboxylic acids is 1. The normalized spacial score (nSPS) is 14.5. The van der Waals surface area contributed by atoms with Crippen LogP contribution in [-0.4, -0.2) is 45.4 Å². The van der Waals surface area contributed by atoms with E-state index >= 15 is 0 Å². The molecule has 5 rings (SSSR count). The number of ether oxygens (including phenoxy) is 1. The molecule has 1 aliphatic heterocycles. The molecular formula is C34H38ClFN4O2S. The maximum absolute atomic E-state index is 14.0. The Morgan fingerprint density at radius 2 is 1.84 bits per heavy atom. The fourth-order valence-corrected chi connectivity index (χ4v) is 6.53. The van der Waals surface area contributed by atoms with Gasteiger partial charge in [-0.1, -0.05) is 73.6 Å². The Kier molecular flexibility index (Phi) is 10.8. The quantitative estimate of drug-likeness (QED) is 0.217. The zero-order valence-corrected chi connectivity index (χ0v) is 26.9. The minimum absolute atomic E-state index is 0.0515. The fourth-order valence-electron chi connectivity index (χ4n) is 5.23. The molecule has 6 nitrogen and oxygen atoms in total. The van der Waals surface area contributed by atoms with Gasteiger partial charge < -0.3 is 14.6 Å². The van der Waals surface area contributed by atoms with Gasteiger partial charge in [0.1, 0.15) is 11.4 Å². The van der Waals surface area contributed by atoms with Crippen molar-refractivity contribution < 1.29 is 13.9 Å². The van der Waals surface area contributed by atoms with Crippen LogP contribution in [-0.2, 0) is 4.74 Å². The number of nitrogens with zero attached hydrogens (tertiary/aromatic N) is 3. The summed E-state index contributed by atoms with van der Waals surface area (Å²) >= 11 is 7.56. The minimum atomic E-state index is -0.526. The van der Waals surface area contributed by atoms with Gasteiger partial charge in [-0.15, -0.1) is 0 Å². The molecule has 9 heteroatoms. The standard InChI is InChI=1S/C32H32ClFN4O2S.C2H6/c1-32(2,3)40-31(39)38-13-11-23(12-14-38)25(19-41-30-36-28-16-26(33)27(34)17-29(28)37-30)22-9-7-21(8-10-22)24-6-4-5-20(15-24)18-35;1-2/h4-10,15-17,23,25H,11-14,19H2,1-3H3,(H,36,37);1-2H3. The number of aromatic amines is 1. The summed E-state index contributed by atoms with van der Waals surface area (Å²) in [5, 5.41) is 10.0. The summed E-state index contributed by atoms with van der Waals surface area (Å²) in [6.45, 7) is 10.9. The maximum atomic E-state index is 14.0. The number of hydrogen-bond donors (Lipinski definition) is 1. The number of hydrogen-bond acceptors (Lipinski definition) is 5. The Labute approximate surface area is 262 Å². The molecule has 0 bridgehead atoms. The van der Waals surface area contributed by atoms with Crippen molar-refractivity contribution in [2.24, 2.45) is 5.92 Å². The third-order valence-electron chi connectivity index (χ3n) is 7.33. The number of likely N-dealkylation sites (tertiary alicyclic amines) is 1. The van der Waals surface area contributed by atoms with E-state index in [1.54, 1.807) is 22.7 Å². The predicted molar refractivity (Wildman–Crippen MR) is 173 cm³/mol. The number of carbonyl (C=O) groups is 1. The molecule has 1 saturated heterocycles. The van der Waals surface area contributed by atoms with E-state index < -0.39 is 11.4 Å². The summed E-state index contributed by atoms with van der Waals surface area (Å²) in [6.07, 6.45) is 1.45. The number of halogens is 2. The molecule has 1 N–H and O–H groups in total. The first-order valence-corrected chi connectivity index (χ1v) is 16.0. The van der Waals surface area contributed by atoms with Crippen LogP contribution in [0, 0.1) is 23.1 Å². The zero-order valence-electron chi connectivity index (χ0n) is 25.3. The second-order valence-corrected chi connectivity index (χ2v) is 12.8. The number of amides is 1. The highest BCUT2D eigenvalue weighted by molar-refractivity contribution is 7.99. The van der Waals surface area contributed by atoms with Gasteiger partial charge in [0.25, 0.3) is 0 Å². The smallest absolute Gasteiger partial charge is 0.410 e. The third-order valence-corrected chi connectivity index (χ3v) is 8.61. The van der Waals surface area contributed by atoms with E-state index in [1.165, 1.54) is 17.7 Å². The number of aromatic nitrogens is 2. The lowest BCUT2D eigenvalue weighted by atomic mass is 9.81. The van der Waals surface area contributed by atoms with Crippen LogP contribution in [0.1, 0.15) is 64.5 Å². The Morgan fingerprint density at radius 1 is 1.14 bits per heavy atom. The average Bonchev–Trinajstić information content (AvgIpc) is 3.39. The number of imidazole rings is 1. The Hall–Kier alpha value is -3.54. The lowest BCUT2D eigenvalue weighted by molar-refractivity contribution is 0.0176. The molecule has 1 aromatic heterocycles. The first-order valence-electron chi connectivity index (χ1n) is 14.7. The SMILES string of the molecule is CC.CC(C)(C)OC(=O)N1CCC(C(CSc2nc3cc(Cl)c(F)cc3[nH]2)c2ccc(-c3cccc(C#N)c3)cc2)CC1. The third kappa shape index (κ3) is 8.31. The molecule has 1 amide bonds. The highest BCUT2D eigenvalue weighted by Gasteiger charge is 2.31. The Morgan fingerprint density at radius 3 is 2.49 bits per heavy atom. The largest absolute Gasteiger partial charge is 0.444 e. The molecule has 4 aromatic rings. The molecule has 43 heavy (non-hydrogen) atoms. The molecule has 1 atom stereocenters. The highest BCUT2D eigenvalue weighted by Crippen LogP contribution is 2.38. The molecule has 1 unspecified atom stereocenters. The second kappa shape index (κ2) is 14.3. The van der Waals surface area contributed by atoms with E-state index in [-0.39, 0.29) is 17.0 Å². The molecule has 2 heterocycles. The number of nitrogens with one attached hydrogen (secondary N) is 1. The molecule has 0 radical (unpaired) electrons. The van der Waals surface area contributed by atoms with Crippen molar-refractivity contribution in [3.63, 3.8) is 0 Å². The summed E-state index contributed by atoms with van der Waals surface area (Å²) in [5.41, 5.74) is 4.60. The van der Waals surface area contributed by atoms with Crippen LogP contribution in [0.5, 0.6) is 0 Å². The van der Waals surface area contributed by atoms with Crippen molar-refractivity contribution in [2.75, 3.05) is 18.8 Å². The molecule has 3 aromatic carbocycles. The molecule has 0 spiro atoms. The van der Waals surface area contributed by atoms with Crippen LogP contribution in [0.4, 0.5) is 9.18 Å². The van der Waals surface area contributed by atoms with E-state index in [0.717, 1.165) is 29.7 Å². The molecule has 0 aliphatic carbocycles. The average molecular weight is 621 g/mol. The van der Waals surface area contributed by atoms with Crippen LogP contribution in [0.25, 0.3) is 22.2 Å². The van der Waals surface area contributed by atoms with Gasteiger partial charge in [-0.05, 0) is 80.3 Å². The summed E-state index contributed by atoms with van der Waals surface area (Å²) < 4.78 is 19.6. The van der Waals surface area contributed by atoms with E-state index in [2.05, 4.69) is 40.3 Å². The maximum Gasteiger partial charge on any atom is 0.410 e. The first kappa shape index (κ1) is 32.4. The van der Waals surface area contributed by atoms with E-state index in [4.69, 9.17) is 16.3 Å². The number of fused-ring (bicyclic) bond motifs is 1. The van der Waals surface area contributed by atoms with Crippen LogP contribution in [0.15, 0.2) is 65.8 Å². The van der Waals surface area contributed by atoms with Crippen molar-refractivity contribution in [1.82, 2.24) is 14.9 Å². The predicted octanol–water partition coefficient (Wildman–Crippen LogP) is 9.44. The van der Waals surface area contributed by atoms with Gasteiger partial charge in [0.05, 0.1) is 27.7 Å². The molecule has 226 valence electrons. The van der Waals surface area contributed by atoms with Crippen LogP contribution in [0.2, 0.25) is 5.02 Å². The van der Waals surface area contributed by atoms with E-state index in [9.17, 15) is 14.4 Å². The topological polar surface area (TPSA) is 82.0 Å². The van der Waals surface area contributed by atoms with Crippen LogP contribution >= 0.6 is 23.4 Å². The fraction of sp³-hybridized carbons (Fsp3) is 0.382. The summed E-state index contributed by atoms with van der Waals surface area (Å²) in [4.78, 5) is 22.3. The van der Waals surface area contributed by atoms with E-state index in [1.807, 2.05) is 52.8 Å². The lowest BCUT2D eigenvalue weighted by Gasteiger charge is -2.37. The number of H-pyrrole nitrogens is 1. The number of piperidine rings is 1. The van der Waals surface area contributed by atoms with Crippen molar-refractivity contribution in [1.29, 1.82) is 5.26 Å². The van der Waals surface area contributed by atoms with Crippen LogP contribution in [0.3, 0.4) is 0 Å². The van der Waals surface area contributed by atoms with E-state index in [0.29, 0.717) is 40.8 Å². The van der Waals surface area contributed by atoms with Gasteiger partial charge >= 0.3 is 6.09 Å². The molecule has 0 saturated carbocycles. The van der Waals surface area contributed by atoms with Crippen LogP contribution < -0.4 is 0 Å². The summed E-state index contributed by atoms with van der Waals surface area (Å²) in [5.74, 6) is 0.838. The second-order valence-electron chi connectivity index (χ2n) is 11.4.